The van der Waals surface area contributed by atoms with E-state index < -0.39 is 34.9 Å². The fourth-order valence-electron chi connectivity index (χ4n) is 3.09. The number of aryl methyl sites for hydroxylation is 1. The Balaban J connectivity index is 0.000000518. The highest BCUT2D eigenvalue weighted by Gasteiger charge is 2.29. The summed E-state index contributed by atoms with van der Waals surface area (Å²) in [5, 5.41) is 18.4. The normalized spacial score (nSPS) is 12.7. The third-order valence-electron chi connectivity index (χ3n) is 5.12. The first-order valence-corrected chi connectivity index (χ1v) is 14.0. The Morgan fingerprint density at radius 1 is 1.19 bits per heavy atom. The van der Waals surface area contributed by atoms with Gasteiger partial charge in [-0.25, -0.2) is 19.9 Å². The standard InChI is InChI=1S/C20H22F2N5O3PS.C7H11N3/c1-5-15(28)13(20(21,22)31)6-11(3)26-18(30)16-8-23-19(32-16)12(4)27-17(29)14-7-10(2)24-9-25-14;1-2-3-9-7-6-8-4-5-10-7/h5-9,12,28H,1,31H2,2-4H3,(H,26,30)(H,27,29);4-6H,2-3H2,1H3,(H,9,10)/b11-6+,15-13-;. The number of aromatic nitrogens is 5. The molecule has 2 unspecified atom stereocenters. The number of amides is 2. The highest BCUT2D eigenvalue weighted by molar-refractivity contribution is 7.18. The van der Waals surface area contributed by atoms with Gasteiger partial charge in [-0.3, -0.25) is 14.6 Å². The molecule has 2 amide bonds. The minimum Gasteiger partial charge on any atom is -0.507 e. The SMILES string of the molecule is C=C/C(O)=C(\C=C(/C)NC(=O)c1cnc(C(C)NC(=O)c2cc(C)ncn2)s1)C(F)(F)P.CCCNc1cnccn1. The summed E-state index contributed by atoms with van der Waals surface area (Å²) in [5.74, 6) is -0.842. The molecule has 3 rings (SSSR count). The van der Waals surface area contributed by atoms with Crippen molar-refractivity contribution in [1.29, 1.82) is 0 Å². The predicted molar refractivity (Wildman–Crippen MR) is 161 cm³/mol. The molecule has 4 N–H and O–H groups in total. The zero-order chi connectivity index (χ0) is 31.3. The molecule has 0 aromatic carbocycles. The molecule has 3 heterocycles. The van der Waals surface area contributed by atoms with E-state index in [0.29, 0.717) is 10.7 Å². The molecular formula is C27H33F2N8O3PS. The van der Waals surface area contributed by atoms with Crippen molar-refractivity contribution in [2.45, 2.75) is 45.8 Å². The van der Waals surface area contributed by atoms with Crippen LogP contribution in [0.3, 0.4) is 0 Å². The molecule has 15 heteroatoms. The van der Waals surface area contributed by atoms with E-state index in [1.54, 1.807) is 38.5 Å². The molecule has 0 aliphatic carbocycles. The van der Waals surface area contributed by atoms with E-state index in [0.717, 1.165) is 42.3 Å². The van der Waals surface area contributed by atoms with E-state index in [1.807, 2.05) is 0 Å². The number of anilines is 1. The predicted octanol–water partition coefficient (Wildman–Crippen LogP) is 5.13. The monoisotopic (exact) mass is 618 g/mol. The molecule has 42 heavy (non-hydrogen) atoms. The second-order valence-corrected chi connectivity index (χ2v) is 10.5. The summed E-state index contributed by atoms with van der Waals surface area (Å²) < 4.78 is 27.4. The van der Waals surface area contributed by atoms with Gasteiger partial charge in [0, 0.05) is 30.3 Å². The first-order chi connectivity index (χ1) is 19.8. The van der Waals surface area contributed by atoms with Crippen LogP contribution >= 0.6 is 20.6 Å². The van der Waals surface area contributed by atoms with Crippen LogP contribution in [0.4, 0.5) is 14.6 Å². The van der Waals surface area contributed by atoms with Gasteiger partial charge in [0.1, 0.15) is 33.5 Å². The lowest BCUT2D eigenvalue weighted by Gasteiger charge is -2.14. The molecule has 0 spiro atoms. The van der Waals surface area contributed by atoms with Gasteiger partial charge in [-0.1, -0.05) is 22.7 Å². The Labute approximate surface area is 248 Å². The van der Waals surface area contributed by atoms with Crippen molar-refractivity contribution in [3.8, 4) is 0 Å². The third kappa shape index (κ3) is 11.0. The molecule has 0 fully saturated rings. The number of allylic oxidation sites excluding steroid dienone is 4. The number of alkyl halides is 2. The van der Waals surface area contributed by atoms with Crippen LogP contribution < -0.4 is 16.0 Å². The highest BCUT2D eigenvalue weighted by atomic mass is 32.1. The number of halogens is 2. The number of thiazole rings is 1. The van der Waals surface area contributed by atoms with Crippen molar-refractivity contribution < 1.29 is 23.5 Å². The maximum atomic E-state index is 13.7. The molecule has 0 bridgehead atoms. The fourth-order valence-corrected chi connectivity index (χ4v) is 4.14. The van der Waals surface area contributed by atoms with Gasteiger partial charge in [0.2, 0.25) is 0 Å². The van der Waals surface area contributed by atoms with Gasteiger partial charge in [-0.15, -0.1) is 11.3 Å². The van der Waals surface area contributed by atoms with Crippen molar-refractivity contribution in [2.75, 3.05) is 11.9 Å². The van der Waals surface area contributed by atoms with E-state index in [4.69, 9.17) is 0 Å². The van der Waals surface area contributed by atoms with Crippen molar-refractivity contribution in [2.24, 2.45) is 0 Å². The smallest absolute Gasteiger partial charge is 0.287 e. The zero-order valence-corrected chi connectivity index (χ0v) is 25.5. The number of carbonyl (C=O) groups is 2. The molecule has 0 saturated carbocycles. The van der Waals surface area contributed by atoms with Crippen LogP contribution in [-0.2, 0) is 0 Å². The van der Waals surface area contributed by atoms with Crippen LogP contribution in [-0.4, -0.2) is 54.0 Å². The fraction of sp³-hybridized carbons (Fsp3) is 0.296. The average molecular weight is 619 g/mol. The van der Waals surface area contributed by atoms with Crippen LogP contribution in [0.2, 0.25) is 0 Å². The van der Waals surface area contributed by atoms with Crippen molar-refractivity contribution in [1.82, 2.24) is 35.6 Å². The van der Waals surface area contributed by atoms with Crippen molar-refractivity contribution in [3.63, 3.8) is 0 Å². The first-order valence-electron chi connectivity index (χ1n) is 12.6. The van der Waals surface area contributed by atoms with E-state index in [1.165, 1.54) is 28.7 Å². The Bertz CT molecular complexity index is 1430. The van der Waals surface area contributed by atoms with E-state index in [-0.39, 0.29) is 16.3 Å². The summed E-state index contributed by atoms with van der Waals surface area (Å²) in [6, 6.07) is 1.04. The lowest BCUT2D eigenvalue weighted by Crippen LogP contribution is -2.27. The average Bonchev–Trinajstić information content (AvgIpc) is 3.46. The van der Waals surface area contributed by atoms with Gasteiger partial charge in [0.15, 0.2) is 0 Å². The summed E-state index contributed by atoms with van der Waals surface area (Å²) >= 11 is 1.04. The van der Waals surface area contributed by atoms with Gasteiger partial charge < -0.3 is 21.1 Å². The molecule has 0 saturated heterocycles. The molecule has 0 aliphatic heterocycles. The highest BCUT2D eigenvalue weighted by Crippen LogP contribution is 2.34. The third-order valence-corrected chi connectivity index (χ3v) is 6.61. The Morgan fingerprint density at radius 3 is 2.52 bits per heavy atom. The van der Waals surface area contributed by atoms with Crippen molar-refractivity contribution >= 4 is 38.2 Å². The van der Waals surface area contributed by atoms with Gasteiger partial charge in [0.05, 0.1) is 24.0 Å². The maximum absolute atomic E-state index is 13.7. The van der Waals surface area contributed by atoms with Crippen molar-refractivity contribution in [3.05, 3.63) is 94.2 Å². The van der Waals surface area contributed by atoms with E-state index in [2.05, 4.69) is 54.4 Å². The van der Waals surface area contributed by atoms with Gasteiger partial charge in [-0.05, 0) is 45.4 Å². The lowest BCUT2D eigenvalue weighted by molar-refractivity contribution is 0.0932. The lowest BCUT2D eigenvalue weighted by atomic mass is 10.2. The Hall–Kier alpha value is -4.16. The van der Waals surface area contributed by atoms with E-state index >= 15 is 0 Å². The summed E-state index contributed by atoms with van der Waals surface area (Å²) in [4.78, 5) is 45.0. The molecule has 3 aromatic rings. The number of carbonyl (C=O) groups excluding carboxylic acids is 2. The summed E-state index contributed by atoms with van der Waals surface area (Å²) in [7, 11) is 1.32. The van der Waals surface area contributed by atoms with Crippen LogP contribution in [0.1, 0.15) is 64.1 Å². The topological polar surface area (TPSA) is 155 Å². The van der Waals surface area contributed by atoms with Gasteiger partial charge in [-0.2, -0.15) is 8.78 Å². The number of nitrogens with zero attached hydrogens (tertiary/aromatic N) is 5. The molecular weight excluding hydrogens is 585 g/mol. The zero-order valence-electron chi connectivity index (χ0n) is 23.6. The Kier molecular flexibility index (Phi) is 13.2. The summed E-state index contributed by atoms with van der Waals surface area (Å²) in [6.45, 7) is 11.2. The second-order valence-electron chi connectivity index (χ2n) is 8.73. The number of rotatable bonds is 11. The van der Waals surface area contributed by atoms with Gasteiger partial charge >= 0.3 is 0 Å². The second kappa shape index (κ2) is 16.3. The molecule has 224 valence electrons. The van der Waals surface area contributed by atoms with E-state index in [9.17, 15) is 23.5 Å². The number of aliphatic hydroxyl groups excluding tert-OH is 1. The van der Waals surface area contributed by atoms with Gasteiger partial charge in [0.25, 0.3) is 17.5 Å². The molecule has 0 radical (unpaired) electrons. The minimum atomic E-state index is -3.42. The number of hydrogen-bond donors (Lipinski definition) is 4. The number of hydrogen-bond acceptors (Lipinski definition) is 10. The molecule has 11 nitrogen and oxygen atoms in total. The largest absolute Gasteiger partial charge is 0.507 e. The molecule has 3 aromatic heterocycles. The number of nitrogens with one attached hydrogen (secondary N) is 3. The minimum absolute atomic E-state index is 0.0796. The first kappa shape index (κ1) is 34.0. The molecule has 0 aliphatic rings. The van der Waals surface area contributed by atoms with Crippen LogP contribution in [0, 0.1) is 6.92 Å². The van der Waals surface area contributed by atoms with Crippen LogP contribution in [0.15, 0.2) is 72.9 Å². The summed E-state index contributed by atoms with van der Waals surface area (Å²) in [5.41, 5.74) is -3.20. The maximum Gasteiger partial charge on any atom is 0.287 e. The number of aliphatic hydroxyl groups is 1. The quantitative estimate of drug-likeness (QED) is 0.130. The molecule has 2 atom stereocenters. The Morgan fingerprint density at radius 2 is 1.93 bits per heavy atom. The summed E-state index contributed by atoms with van der Waals surface area (Å²) in [6.07, 6.45) is 10.6. The van der Waals surface area contributed by atoms with Crippen LogP contribution in [0.5, 0.6) is 0 Å². The van der Waals surface area contributed by atoms with Crippen LogP contribution in [0.25, 0.3) is 0 Å².